The molecule has 0 unspecified atom stereocenters. The first-order chi connectivity index (χ1) is 15.4. The maximum Gasteiger partial charge on any atom is 0.261 e. The minimum atomic E-state index is -3.65. The quantitative estimate of drug-likeness (QED) is 0.440. The Morgan fingerprint density at radius 3 is 2.22 bits per heavy atom. The third-order valence-corrected chi connectivity index (χ3v) is 5.94. The van der Waals surface area contributed by atoms with E-state index >= 15 is 0 Å². The molecule has 0 aliphatic carbocycles. The monoisotopic (exact) mass is 448 g/mol. The lowest BCUT2D eigenvalue weighted by Gasteiger charge is -2.08. The molecule has 0 saturated heterocycles. The zero-order valence-electron chi connectivity index (χ0n) is 17.1. The number of hydrogen-bond donors (Lipinski definition) is 2. The van der Waals surface area contributed by atoms with Gasteiger partial charge in [-0.3, -0.25) is 9.52 Å². The summed E-state index contributed by atoms with van der Waals surface area (Å²) in [5, 5.41) is 6.73. The van der Waals surface area contributed by atoms with Crippen LogP contribution in [0.25, 0.3) is 11.4 Å². The molecule has 0 aliphatic heterocycles. The number of carbonyl (C=O) groups is 1. The maximum atomic E-state index is 12.4. The van der Waals surface area contributed by atoms with Crippen LogP contribution in [0.4, 0.5) is 11.4 Å². The Hall–Kier alpha value is -3.98. The Kier molecular flexibility index (Phi) is 6.00. The molecule has 4 aromatic rings. The highest BCUT2D eigenvalue weighted by Crippen LogP contribution is 2.22. The van der Waals surface area contributed by atoms with Gasteiger partial charge in [-0.2, -0.15) is 4.98 Å². The van der Waals surface area contributed by atoms with Crippen LogP contribution in [0, 0.1) is 0 Å². The first-order valence-corrected chi connectivity index (χ1v) is 11.2. The fourth-order valence-electron chi connectivity index (χ4n) is 3.03. The minimum Gasteiger partial charge on any atom is -0.339 e. The summed E-state index contributed by atoms with van der Waals surface area (Å²) in [6.07, 6.45) is 0.447. The SMILES string of the molecule is CC(=O)Nc1ccc(Cc2nc(-c3ccc(NS(=O)(=O)c4ccccc4)cc3)no2)cc1. The lowest BCUT2D eigenvalue weighted by Crippen LogP contribution is -2.12. The topological polar surface area (TPSA) is 114 Å². The summed E-state index contributed by atoms with van der Waals surface area (Å²) in [5.41, 5.74) is 2.81. The van der Waals surface area contributed by atoms with Gasteiger partial charge in [0.25, 0.3) is 10.0 Å². The molecule has 0 bridgehead atoms. The van der Waals surface area contributed by atoms with Crippen molar-refractivity contribution in [2.24, 2.45) is 0 Å². The van der Waals surface area contributed by atoms with Gasteiger partial charge < -0.3 is 9.84 Å². The van der Waals surface area contributed by atoms with Crippen LogP contribution in [0.1, 0.15) is 18.4 Å². The van der Waals surface area contributed by atoms with Gasteiger partial charge in [-0.1, -0.05) is 35.5 Å². The van der Waals surface area contributed by atoms with Gasteiger partial charge >= 0.3 is 0 Å². The predicted molar refractivity (Wildman–Crippen MR) is 121 cm³/mol. The van der Waals surface area contributed by atoms with Crippen LogP contribution in [0.2, 0.25) is 0 Å². The van der Waals surface area contributed by atoms with Crippen molar-refractivity contribution in [3.05, 3.63) is 90.3 Å². The van der Waals surface area contributed by atoms with Gasteiger partial charge in [0.1, 0.15) is 0 Å². The zero-order chi connectivity index (χ0) is 22.6. The van der Waals surface area contributed by atoms with Crippen molar-refractivity contribution in [1.29, 1.82) is 0 Å². The number of benzene rings is 3. The number of aromatic nitrogens is 2. The van der Waals surface area contributed by atoms with E-state index in [2.05, 4.69) is 20.2 Å². The van der Waals surface area contributed by atoms with Crippen LogP contribution >= 0.6 is 0 Å². The molecule has 4 rings (SSSR count). The van der Waals surface area contributed by atoms with Crippen LogP contribution in [0.3, 0.4) is 0 Å². The molecule has 32 heavy (non-hydrogen) atoms. The maximum absolute atomic E-state index is 12.4. The van der Waals surface area contributed by atoms with E-state index in [0.717, 1.165) is 11.3 Å². The Labute approximate surface area is 185 Å². The molecule has 0 atom stereocenters. The second kappa shape index (κ2) is 9.03. The van der Waals surface area contributed by atoms with Crippen LogP contribution < -0.4 is 10.0 Å². The van der Waals surface area contributed by atoms with Crippen LogP contribution in [-0.2, 0) is 21.2 Å². The number of amides is 1. The lowest BCUT2D eigenvalue weighted by atomic mass is 10.1. The van der Waals surface area contributed by atoms with Crippen LogP contribution in [0.5, 0.6) is 0 Å². The molecule has 9 heteroatoms. The van der Waals surface area contributed by atoms with E-state index in [1.165, 1.54) is 19.1 Å². The number of nitrogens with one attached hydrogen (secondary N) is 2. The molecule has 0 fully saturated rings. The second-order valence-corrected chi connectivity index (χ2v) is 8.74. The van der Waals surface area contributed by atoms with E-state index in [1.54, 1.807) is 42.5 Å². The molecule has 1 aromatic heterocycles. The molecule has 162 valence electrons. The van der Waals surface area contributed by atoms with Crippen molar-refractivity contribution in [1.82, 2.24) is 10.1 Å². The summed E-state index contributed by atoms with van der Waals surface area (Å²) in [5.74, 6) is 0.728. The second-order valence-electron chi connectivity index (χ2n) is 7.06. The van der Waals surface area contributed by atoms with Gasteiger partial charge in [0.2, 0.25) is 17.6 Å². The van der Waals surface area contributed by atoms with Crippen molar-refractivity contribution < 1.29 is 17.7 Å². The molecule has 1 heterocycles. The minimum absolute atomic E-state index is 0.127. The Morgan fingerprint density at radius 1 is 0.906 bits per heavy atom. The number of carbonyl (C=O) groups excluding carboxylic acids is 1. The van der Waals surface area contributed by atoms with Gasteiger partial charge in [0.15, 0.2) is 0 Å². The summed E-state index contributed by atoms with van der Waals surface area (Å²) >= 11 is 0. The standard InChI is InChI=1S/C23H20N4O4S/c1-16(28)24-19-11-7-17(8-12-19)15-22-25-23(26-31-22)18-9-13-20(14-10-18)27-32(29,30)21-5-3-2-4-6-21/h2-14,27H,15H2,1H3,(H,24,28). The normalized spacial score (nSPS) is 11.2. The van der Waals surface area contributed by atoms with E-state index in [-0.39, 0.29) is 10.8 Å². The average Bonchev–Trinajstić information content (AvgIpc) is 3.24. The summed E-state index contributed by atoms with van der Waals surface area (Å²) in [6, 6.07) is 22.3. The van der Waals surface area contributed by atoms with Gasteiger partial charge in [0.05, 0.1) is 11.3 Å². The Morgan fingerprint density at radius 2 is 1.56 bits per heavy atom. The molecule has 8 nitrogen and oxygen atoms in total. The third-order valence-electron chi connectivity index (χ3n) is 4.55. The number of sulfonamides is 1. The number of nitrogens with zero attached hydrogens (tertiary/aromatic N) is 2. The zero-order valence-corrected chi connectivity index (χ0v) is 18.0. The molecular formula is C23H20N4O4S. The molecule has 0 spiro atoms. The first kappa shape index (κ1) is 21.3. The van der Waals surface area contributed by atoms with E-state index in [4.69, 9.17) is 4.52 Å². The van der Waals surface area contributed by atoms with Crippen molar-refractivity contribution >= 4 is 27.3 Å². The van der Waals surface area contributed by atoms with Gasteiger partial charge in [-0.05, 0) is 54.1 Å². The van der Waals surface area contributed by atoms with E-state index in [9.17, 15) is 13.2 Å². The third kappa shape index (κ3) is 5.19. The largest absolute Gasteiger partial charge is 0.339 e. The fraction of sp³-hybridized carbons (Fsp3) is 0.0870. The van der Waals surface area contributed by atoms with Crippen LogP contribution in [0.15, 0.2) is 88.3 Å². The van der Waals surface area contributed by atoms with Crippen molar-refractivity contribution in [3.63, 3.8) is 0 Å². The highest BCUT2D eigenvalue weighted by molar-refractivity contribution is 7.92. The molecular weight excluding hydrogens is 428 g/mol. The van der Waals surface area contributed by atoms with E-state index < -0.39 is 10.0 Å². The predicted octanol–water partition coefficient (Wildman–Crippen LogP) is 4.09. The van der Waals surface area contributed by atoms with Crippen LogP contribution in [-0.4, -0.2) is 24.5 Å². The van der Waals surface area contributed by atoms with E-state index in [1.807, 2.05) is 24.3 Å². The Balaban J connectivity index is 1.42. The number of rotatable bonds is 7. The summed E-state index contributed by atoms with van der Waals surface area (Å²) in [6.45, 7) is 1.46. The van der Waals surface area contributed by atoms with Gasteiger partial charge in [-0.25, -0.2) is 8.42 Å². The average molecular weight is 449 g/mol. The van der Waals surface area contributed by atoms with E-state index in [0.29, 0.717) is 29.4 Å². The highest BCUT2D eigenvalue weighted by Gasteiger charge is 2.14. The molecule has 0 saturated carbocycles. The number of anilines is 2. The van der Waals surface area contributed by atoms with Crippen molar-refractivity contribution in [3.8, 4) is 11.4 Å². The summed E-state index contributed by atoms with van der Waals surface area (Å²) < 4.78 is 32.8. The smallest absolute Gasteiger partial charge is 0.261 e. The summed E-state index contributed by atoms with van der Waals surface area (Å²) in [4.78, 5) is 15.7. The highest BCUT2D eigenvalue weighted by atomic mass is 32.2. The van der Waals surface area contributed by atoms with Crippen molar-refractivity contribution in [2.45, 2.75) is 18.2 Å². The van der Waals surface area contributed by atoms with Gasteiger partial charge in [-0.15, -0.1) is 0 Å². The van der Waals surface area contributed by atoms with Crippen molar-refractivity contribution in [2.75, 3.05) is 10.0 Å². The lowest BCUT2D eigenvalue weighted by molar-refractivity contribution is -0.114. The molecule has 0 aliphatic rings. The molecule has 3 aromatic carbocycles. The van der Waals surface area contributed by atoms with Gasteiger partial charge in [0, 0.05) is 23.9 Å². The summed E-state index contributed by atoms with van der Waals surface area (Å²) in [7, 11) is -3.65. The first-order valence-electron chi connectivity index (χ1n) is 9.76. The fourth-order valence-corrected chi connectivity index (χ4v) is 4.11. The Bertz CT molecular complexity index is 1320. The number of hydrogen-bond acceptors (Lipinski definition) is 6. The molecule has 1 amide bonds. The molecule has 0 radical (unpaired) electrons. The molecule has 2 N–H and O–H groups in total.